The van der Waals surface area contributed by atoms with Crippen LogP contribution in [0.15, 0.2) is 4.99 Å². The zero-order valence-electron chi connectivity index (χ0n) is 8.71. The molecule has 0 radical (unpaired) electrons. The van der Waals surface area contributed by atoms with Gasteiger partial charge in [-0.25, -0.2) is 0 Å². The molecule has 2 N–H and O–H groups in total. The molecule has 0 fully saturated rings. The molecule has 4 nitrogen and oxygen atoms in total. The number of hydrogen-bond acceptors (Lipinski definition) is 2. The molecule has 0 atom stereocenters. The smallest absolute Gasteiger partial charge is 0.223 e. The first kappa shape index (κ1) is 11.9. The van der Waals surface area contributed by atoms with Gasteiger partial charge in [0.05, 0.1) is 5.84 Å². The molecule has 76 valence electrons. The van der Waals surface area contributed by atoms with Crippen LogP contribution in [-0.2, 0) is 4.79 Å². The van der Waals surface area contributed by atoms with E-state index in [1.807, 2.05) is 6.92 Å². The molecule has 0 aliphatic heterocycles. The molecule has 0 unspecified atom stereocenters. The summed E-state index contributed by atoms with van der Waals surface area (Å²) in [6.45, 7) is 2.55. The van der Waals surface area contributed by atoms with E-state index in [1.165, 1.54) is 0 Å². The molecule has 0 aromatic heterocycles. The second-order valence-corrected chi connectivity index (χ2v) is 3.16. The summed E-state index contributed by atoms with van der Waals surface area (Å²) in [7, 11) is 3.48. The molecule has 0 saturated heterocycles. The first-order chi connectivity index (χ1) is 6.07. The summed E-state index contributed by atoms with van der Waals surface area (Å²) in [6, 6.07) is 0. The summed E-state index contributed by atoms with van der Waals surface area (Å²) >= 11 is 0. The van der Waals surface area contributed by atoms with Crippen LogP contribution in [0.1, 0.15) is 26.2 Å². The van der Waals surface area contributed by atoms with E-state index in [0.29, 0.717) is 18.8 Å². The van der Waals surface area contributed by atoms with Crippen LogP contribution in [0.2, 0.25) is 0 Å². The molecule has 0 spiro atoms. The van der Waals surface area contributed by atoms with Crippen LogP contribution in [0, 0.1) is 0 Å². The Kier molecular flexibility index (Phi) is 5.93. The summed E-state index contributed by atoms with van der Waals surface area (Å²) in [5.74, 6) is 0.738. The van der Waals surface area contributed by atoms with Crippen molar-refractivity contribution in [2.24, 2.45) is 10.7 Å². The Balaban J connectivity index is 3.65. The summed E-state index contributed by atoms with van der Waals surface area (Å²) in [4.78, 5) is 16.7. The monoisotopic (exact) mass is 185 g/mol. The third-order valence-electron chi connectivity index (χ3n) is 1.65. The van der Waals surface area contributed by atoms with E-state index >= 15 is 0 Å². The minimum absolute atomic E-state index is 0.0908. The zero-order chi connectivity index (χ0) is 10.3. The first-order valence-corrected chi connectivity index (χ1v) is 4.56. The van der Waals surface area contributed by atoms with E-state index in [4.69, 9.17) is 5.73 Å². The quantitative estimate of drug-likeness (QED) is 0.504. The van der Waals surface area contributed by atoms with Gasteiger partial charge in [-0.3, -0.25) is 9.79 Å². The number of rotatable bonds is 5. The van der Waals surface area contributed by atoms with Gasteiger partial charge >= 0.3 is 0 Å². The van der Waals surface area contributed by atoms with Crippen LogP contribution in [0.3, 0.4) is 0 Å². The average Bonchev–Trinajstić information content (AvgIpc) is 2.04. The van der Waals surface area contributed by atoms with Crippen molar-refractivity contribution in [2.75, 3.05) is 20.6 Å². The van der Waals surface area contributed by atoms with Crippen LogP contribution >= 0.6 is 0 Å². The van der Waals surface area contributed by atoms with Crippen molar-refractivity contribution in [1.82, 2.24) is 4.90 Å². The zero-order valence-corrected chi connectivity index (χ0v) is 8.71. The van der Waals surface area contributed by atoms with Crippen molar-refractivity contribution < 1.29 is 4.79 Å². The van der Waals surface area contributed by atoms with Crippen LogP contribution in [-0.4, -0.2) is 37.3 Å². The number of carbonyl (C=O) groups is 1. The highest BCUT2D eigenvalue weighted by Gasteiger charge is 2.01. The molecular formula is C9H19N3O. The van der Waals surface area contributed by atoms with E-state index in [2.05, 4.69) is 4.99 Å². The van der Waals surface area contributed by atoms with E-state index in [1.54, 1.807) is 19.0 Å². The molecule has 0 rings (SSSR count). The van der Waals surface area contributed by atoms with Crippen LogP contribution < -0.4 is 5.73 Å². The van der Waals surface area contributed by atoms with Crippen molar-refractivity contribution in [3.63, 3.8) is 0 Å². The maximum atomic E-state index is 11.1. The Hall–Kier alpha value is -1.06. The lowest BCUT2D eigenvalue weighted by Gasteiger charge is -2.08. The highest BCUT2D eigenvalue weighted by atomic mass is 16.2. The molecule has 0 saturated carbocycles. The molecule has 13 heavy (non-hydrogen) atoms. The molecule has 0 bridgehead atoms. The lowest BCUT2D eigenvalue weighted by atomic mass is 10.3. The molecule has 0 aliphatic rings. The minimum atomic E-state index is 0.0908. The van der Waals surface area contributed by atoms with E-state index in [-0.39, 0.29) is 5.91 Å². The SMILES string of the molecule is CCCC(N)=NCCC(=O)N(C)C. The topological polar surface area (TPSA) is 58.7 Å². The molecule has 0 aromatic rings. The Morgan fingerprint density at radius 1 is 1.38 bits per heavy atom. The summed E-state index contributed by atoms with van der Waals surface area (Å²) in [6.07, 6.45) is 2.25. The molecule has 4 heteroatoms. The van der Waals surface area contributed by atoms with Gasteiger partial charge < -0.3 is 10.6 Å². The number of aliphatic imine (C=N–C) groups is 1. The molecule has 0 heterocycles. The third kappa shape index (κ3) is 6.13. The summed E-state index contributed by atoms with van der Waals surface area (Å²) in [5.41, 5.74) is 5.57. The fraction of sp³-hybridized carbons (Fsp3) is 0.778. The highest BCUT2D eigenvalue weighted by Crippen LogP contribution is 1.91. The third-order valence-corrected chi connectivity index (χ3v) is 1.65. The Morgan fingerprint density at radius 2 is 2.00 bits per heavy atom. The number of nitrogens with zero attached hydrogens (tertiary/aromatic N) is 2. The summed E-state index contributed by atoms with van der Waals surface area (Å²) in [5, 5.41) is 0. The Labute approximate surface area is 79.8 Å². The van der Waals surface area contributed by atoms with Gasteiger partial charge in [-0.1, -0.05) is 6.92 Å². The molecule has 0 aliphatic carbocycles. The molecular weight excluding hydrogens is 166 g/mol. The predicted octanol–water partition coefficient (Wildman–Crippen LogP) is 0.622. The number of carbonyl (C=O) groups excluding carboxylic acids is 1. The molecule has 1 amide bonds. The number of nitrogens with two attached hydrogens (primary N) is 1. The van der Waals surface area contributed by atoms with Crippen LogP contribution in [0.25, 0.3) is 0 Å². The number of hydrogen-bond donors (Lipinski definition) is 1. The van der Waals surface area contributed by atoms with Crippen molar-refractivity contribution in [1.29, 1.82) is 0 Å². The maximum absolute atomic E-state index is 11.1. The molecule has 0 aromatic carbocycles. The van der Waals surface area contributed by atoms with Crippen molar-refractivity contribution in [2.45, 2.75) is 26.2 Å². The highest BCUT2D eigenvalue weighted by molar-refractivity contribution is 5.81. The fourth-order valence-electron chi connectivity index (χ4n) is 0.854. The van der Waals surface area contributed by atoms with Crippen molar-refractivity contribution >= 4 is 11.7 Å². The number of amides is 1. The lowest BCUT2D eigenvalue weighted by molar-refractivity contribution is -0.128. The largest absolute Gasteiger partial charge is 0.387 e. The lowest BCUT2D eigenvalue weighted by Crippen LogP contribution is -2.22. The van der Waals surface area contributed by atoms with Gasteiger partial charge in [-0.15, -0.1) is 0 Å². The van der Waals surface area contributed by atoms with Crippen LogP contribution in [0.4, 0.5) is 0 Å². The van der Waals surface area contributed by atoms with Crippen molar-refractivity contribution in [3.05, 3.63) is 0 Å². The summed E-state index contributed by atoms with van der Waals surface area (Å²) < 4.78 is 0. The maximum Gasteiger partial charge on any atom is 0.223 e. The first-order valence-electron chi connectivity index (χ1n) is 4.56. The fourth-order valence-corrected chi connectivity index (χ4v) is 0.854. The van der Waals surface area contributed by atoms with Gasteiger partial charge in [0.1, 0.15) is 0 Å². The van der Waals surface area contributed by atoms with E-state index in [9.17, 15) is 4.79 Å². The second-order valence-electron chi connectivity index (χ2n) is 3.16. The van der Waals surface area contributed by atoms with E-state index in [0.717, 1.165) is 12.8 Å². The van der Waals surface area contributed by atoms with Gasteiger partial charge in [0.25, 0.3) is 0 Å². The van der Waals surface area contributed by atoms with Gasteiger partial charge in [-0.05, 0) is 6.42 Å². The second kappa shape index (κ2) is 6.46. The van der Waals surface area contributed by atoms with Gasteiger partial charge in [0.15, 0.2) is 0 Å². The standard InChI is InChI=1S/C9H19N3O/c1-4-5-8(10)11-7-6-9(13)12(2)3/h4-7H2,1-3H3,(H2,10,11). The van der Waals surface area contributed by atoms with E-state index < -0.39 is 0 Å². The van der Waals surface area contributed by atoms with Gasteiger partial charge in [0, 0.05) is 33.5 Å². The van der Waals surface area contributed by atoms with Crippen molar-refractivity contribution in [3.8, 4) is 0 Å². The van der Waals surface area contributed by atoms with Gasteiger partial charge in [0.2, 0.25) is 5.91 Å². The normalized spacial score (nSPS) is 11.5. The number of amidine groups is 1. The Morgan fingerprint density at radius 3 is 2.46 bits per heavy atom. The van der Waals surface area contributed by atoms with Gasteiger partial charge in [-0.2, -0.15) is 0 Å². The minimum Gasteiger partial charge on any atom is -0.387 e. The predicted molar refractivity (Wildman–Crippen MR) is 54.7 cm³/mol. The average molecular weight is 185 g/mol. The van der Waals surface area contributed by atoms with Crippen LogP contribution in [0.5, 0.6) is 0 Å². The Bertz CT molecular complexity index is 187.